The van der Waals surface area contributed by atoms with Crippen molar-refractivity contribution in [3.8, 4) is 0 Å². The van der Waals surface area contributed by atoms with Crippen molar-refractivity contribution >= 4 is 16.9 Å². The lowest BCUT2D eigenvalue weighted by molar-refractivity contribution is 0.672. The predicted molar refractivity (Wildman–Crippen MR) is 101 cm³/mol. The van der Waals surface area contributed by atoms with Crippen molar-refractivity contribution < 1.29 is 0 Å². The highest BCUT2D eigenvalue weighted by Gasteiger charge is 2.07. The number of nitrogens with one attached hydrogen (secondary N) is 3. The van der Waals surface area contributed by atoms with Crippen LogP contribution in [0.15, 0.2) is 35.7 Å². The van der Waals surface area contributed by atoms with Gasteiger partial charge in [0.1, 0.15) is 12.2 Å². The number of hydrogen-bond acceptors (Lipinski definition) is 3. The Morgan fingerprint density at radius 1 is 1.28 bits per heavy atom. The number of para-hydroxylation sites is 1. The number of nitrogens with zero attached hydrogens (tertiary/aromatic N) is 4. The Morgan fingerprint density at radius 3 is 2.88 bits per heavy atom. The van der Waals surface area contributed by atoms with Crippen LogP contribution in [-0.4, -0.2) is 39.3 Å². The number of benzene rings is 1. The molecule has 0 saturated carbocycles. The van der Waals surface area contributed by atoms with Gasteiger partial charge >= 0.3 is 0 Å². The predicted octanol–water partition coefficient (Wildman–Crippen LogP) is 1.77. The molecule has 0 fully saturated rings. The number of aliphatic imine (C=N–C) groups is 1. The Hall–Kier alpha value is -2.83. The topological polar surface area (TPSA) is 82.9 Å². The fraction of sp³-hybridized carbons (Fsp3) is 0.389. The van der Waals surface area contributed by atoms with Gasteiger partial charge in [-0.15, -0.1) is 0 Å². The SMILES string of the molecule is CCc1cccc2c(CCNC(=NC)NCc3ncnn3C)c[nH]c12. The number of rotatable bonds is 6. The minimum atomic E-state index is 0.586. The van der Waals surface area contributed by atoms with Gasteiger partial charge in [-0.25, -0.2) is 4.98 Å². The van der Waals surface area contributed by atoms with Crippen LogP contribution in [0.3, 0.4) is 0 Å². The summed E-state index contributed by atoms with van der Waals surface area (Å²) in [5.41, 5.74) is 3.93. The number of hydrogen-bond donors (Lipinski definition) is 3. The van der Waals surface area contributed by atoms with Crippen molar-refractivity contribution in [3.05, 3.63) is 47.7 Å². The fourth-order valence-electron chi connectivity index (χ4n) is 2.96. The summed E-state index contributed by atoms with van der Waals surface area (Å²) in [5.74, 6) is 1.63. The Bertz CT molecular complexity index is 859. The smallest absolute Gasteiger partial charge is 0.191 e. The van der Waals surface area contributed by atoms with Crippen LogP contribution in [0.2, 0.25) is 0 Å². The second-order valence-electron chi connectivity index (χ2n) is 5.91. The maximum Gasteiger partial charge on any atom is 0.191 e. The summed E-state index contributed by atoms with van der Waals surface area (Å²) in [6.45, 7) is 3.58. The number of fused-ring (bicyclic) bond motifs is 1. The maximum absolute atomic E-state index is 4.25. The molecule has 25 heavy (non-hydrogen) atoms. The van der Waals surface area contributed by atoms with Crippen LogP contribution in [0.1, 0.15) is 23.9 Å². The largest absolute Gasteiger partial charge is 0.361 e. The summed E-state index contributed by atoms with van der Waals surface area (Å²) < 4.78 is 1.75. The summed E-state index contributed by atoms with van der Waals surface area (Å²) in [5, 5.41) is 12.0. The number of aryl methyl sites for hydroxylation is 2. The molecule has 0 saturated heterocycles. The number of H-pyrrole nitrogens is 1. The van der Waals surface area contributed by atoms with Crippen LogP contribution in [0, 0.1) is 0 Å². The normalized spacial score (nSPS) is 11.9. The van der Waals surface area contributed by atoms with E-state index >= 15 is 0 Å². The van der Waals surface area contributed by atoms with Crippen LogP contribution in [-0.2, 0) is 26.4 Å². The molecule has 0 bridgehead atoms. The molecular formula is C18H25N7. The number of guanidine groups is 1. The lowest BCUT2D eigenvalue weighted by Crippen LogP contribution is -2.38. The van der Waals surface area contributed by atoms with E-state index in [1.807, 2.05) is 7.05 Å². The Labute approximate surface area is 147 Å². The average molecular weight is 339 g/mol. The van der Waals surface area contributed by atoms with E-state index in [1.165, 1.54) is 22.0 Å². The molecule has 0 spiro atoms. The third-order valence-corrected chi connectivity index (χ3v) is 4.40. The zero-order valence-corrected chi connectivity index (χ0v) is 15.0. The van der Waals surface area contributed by atoms with Gasteiger partial charge in [0.05, 0.1) is 6.54 Å². The Kier molecular flexibility index (Phi) is 5.33. The van der Waals surface area contributed by atoms with E-state index in [-0.39, 0.29) is 0 Å². The van der Waals surface area contributed by atoms with Crippen LogP contribution < -0.4 is 10.6 Å². The monoisotopic (exact) mass is 339 g/mol. The van der Waals surface area contributed by atoms with Gasteiger partial charge in [-0.05, 0) is 24.0 Å². The van der Waals surface area contributed by atoms with Crippen LogP contribution >= 0.6 is 0 Å². The zero-order chi connectivity index (χ0) is 17.6. The highest BCUT2D eigenvalue weighted by Crippen LogP contribution is 2.22. The molecule has 3 aromatic rings. The first-order valence-electron chi connectivity index (χ1n) is 8.58. The number of aromatic nitrogens is 4. The van der Waals surface area contributed by atoms with E-state index in [1.54, 1.807) is 18.1 Å². The minimum absolute atomic E-state index is 0.586. The van der Waals surface area contributed by atoms with Gasteiger partial charge in [-0.2, -0.15) is 5.10 Å². The molecule has 2 heterocycles. The molecule has 0 aliphatic carbocycles. The van der Waals surface area contributed by atoms with Crippen molar-refractivity contribution in [3.63, 3.8) is 0 Å². The van der Waals surface area contributed by atoms with Crippen LogP contribution in [0.4, 0.5) is 0 Å². The van der Waals surface area contributed by atoms with E-state index in [2.05, 4.69) is 62.0 Å². The quantitative estimate of drug-likeness (QED) is 0.472. The first-order chi connectivity index (χ1) is 12.2. The van der Waals surface area contributed by atoms with Gasteiger partial charge in [0.2, 0.25) is 0 Å². The van der Waals surface area contributed by atoms with E-state index in [4.69, 9.17) is 0 Å². The molecule has 0 amide bonds. The lowest BCUT2D eigenvalue weighted by atomic mass is 10.1. The van der Waals surface area contributed by atoms with E-state index in [0.717, 1.165) is 31.2 Å². The summed E-state index contributed by atoms with van der Waals surface area (Å²) in [6.07, 6.45) is 5.63. The highest BCUT2D eigenvalue weighted by atomic mass is 15.3. The highest BCUT2D eigenvalue weighted by molar-refractivity contribution is 5.86. The summed E-state index contributed by atoms with van der Waals surface area (Å²) in [6, 6.07) is 6.49. The molecule has 2 aromatic heterocycles. The van der Waals surface area contributed by atoms with Crippen molar-refractivity contribution in [1.82, 2.24) is 30.4 Å². The average Bonchev–Trinajstić information content (AvgIpc) is 3.24. The van der Waals surface area contributed by atoms with Gasteiger partial charge in [-0.1, -0.05) is 25.1 Å². The van der Waals surface area contributed by atoms with Gasteiger partial charge < -0.3 is 15.6 Å². The zero-order valence-electron chi connectivity index (χ0n) is 15.0. The van der Waals surface area contributed by atoms with Gasteiger partial charge in [-0.3, -0.25) is 9.67 Å². The van der Waals surface area contributed by atoms with Crippen LogP contribution in [0.25, 0.3) is 10.9 Å². The second kappa shape index (κ2) is 7.83. The van der Waals surface area contributed by atoms with Gasteiger partial charge in [0.15, 0.2) is 5.96 Å². The van der Waals surface area contributed by atoms with Crippen molar-refractivity contribution in [2.24, 2.45) is 12.0 Å². The molecule has 1 aromatic carbocycles. The van der Waals surface area contributed by atoms with Crippen molar-refractivity contribution in [2.45, 2.75) is 26.3 Å². The van der Waals surface area contributed by atoms with Crippen molar-refractivity contribution in [1.29, 1.82) is 0 Å². The molecule has 3 rings (SSSR count). The molecule has 3 N–H and O–H groups in total. The van der Waals surface area contributed by atoms with E-state index < -0.39 is 0 Å². The molecule has 0 aliphatic heterocycles. The molecule has 0 aliphatic rings. The molecular weight excluding hydrogens is 314 g/mol. The Morgan fingerprint density at radius 2 is 2.16 bits per heavy atom. The first kappa shape index (κ1) is 17.0. The molecule has 132 valence electrons. The summed E-state index contributed by atoms with van der Waals surface area (Å²) >= 11 is 0. The fourth-order valence-corrected chi connectivity index (χ4v) is 2.96. The maximum atomic E-state index is 4.25. The number of aromatic amines is 1. The molecule has 7 nitrogen and oxygen atoms in total. The van der Waals surface area contributed by atoms with Gasteiger partial charge in [0.25, 0.3) is 0 Å². The molecule has 7 heteroatoms. The van der Waals surface area contributed by atoms with E-state index in [0.29, 0.717) is 6.54 Å². The Balaban J connectivity index is 1.56. The molecule has 0 atom stereocenters. The lowest BCUT2D eigenvalue weighted by Gasteiger charge is -2.11. The second-order valence-corrected chi connectivity index (χ2v) is 5.91. The van der Waals surface area contributed by atoms with Gasteiger partial charge in [0, 0.05) is 37.7 Å². The van der Waals surface area contributed by atoms with Crippen LogP contribution in [0.5, 0.6) is 0 Å². The molecule has 0 radical (unpaired) electrons. The molecule has 0 unspecified atom stereocenters. The third-order valence-electron chi connectivity index (χ3n) is 4.40. The summed E-state index contributed by atoms with van der Waals surface area (Å²) in [4.78, 5) is 11.9. The summed E-state index contributed by atoms with van der Waals surface area (Å²) in [7, 11) is 3.65. The van der Waals surface area contributed by atoms with Crippen molar-refractivity contribution in [2.75, 3.05) is 13.6 Å². The van der Waals surface area contributed by atoms with E-state index in [9.17, 15) is 0 Å². The third kappa shape index (κ3) is 3.81. The standard InChI is InChI=1S/C18H25N7/c1-4-13-6-5-7-15-14(10-21-17(13)15)8-9-20-18(19-2)22-11-16-23-12-24-25(16)3/h5-7,10,12,21H,4,8-9,11H2,1-3H3,(H2,19,20,22). The first-order valence-corrected chi connectivity index (χ1v) is 8.58. The minimum Gasteiger partial charge on any atom is -0.361 e.